The largest absolute Gasteiger partial charge is 0.486 e. The van der Waals surface area contributed by atoms with E-state index in [4.69, 9.17) is 9.47 Å². The van der Waals surface area contributed by atoms with Gasteiger partial charge in [0.15, 0.2) is 18.0 Å². The molecule has 5 nitrogen and oxygen atoms in total. The number of benzene rings is 2. The molecule has 2 aromatic rings. The smallest absolute Gasteiger partial charge is 0.279 e. The number of amides is 1. The van der Waals surface area contributed by atoms with Crippen LogP contribution in [0.4, 0.5) is 10.1 Å². The first-order valence-corrected chi connectivity index (χ1v) is 9.40. The molecular weight excluding hydrogens is 347 g/mol. The maximum absolute atomic E-state index is 13.7. The maximum atomic E-state index is 13.7. The lowest BCUT2D eigenvalue weighted by atomic mass is 10.0. The summed E-state index contributed by atoms with van der Waals surface area (Å²) < 4.78 is 25.0. The molecule has 142 valence electrons. The van der Waals surface area contributed by atoms with Crippen molar-refractivity contribution >= 4 is 11.6 Å². The molecule has 0 aromatic heterocycles. The number of quaternary nitrogens is 1. The minimum absolute atomic E-state index is 0.0994. The molecule has 2 atom stereocenters. The summed E-state index contributed by atoms with van der Waals surface area (Å²) >= 11 is 0. The molecule has 0 spiro atoms. The Hall–Kier alpha value is -2.60. The summed E-state index contributed by atoms with van der Waals surface area (Å²) in [5.74, 6) is 1.15. The second-order valence-corrected chi connectivity index (χ2v) is 7.20. The molecule has 2 N–H and O–H groups in total. The van der Waals surface area contributed by atoms with E-state index in [1.165, 1.54) is 16.5 Å². The molecule has 2 heterocycles. The summed E-state index contributed by atoms with van der Waals surface area (Å²) in [5.41, 5.74) is 2.23. The van der Waals surface area contributed by atoms with Crippen LogP contribution in [0.2, 0.25) is 0 Å². The predicted octanol–water partition coefficient (Wildman–Crippen LogP) is 2.26. The molecular formula is C21H24FN2O3+. The van der Waals surface area contributed by atoms with Crippen LogP contribution in [-0.4, -0.2) is 32.2 Å². The number of carbonyl (C=O) groups is 1. The minimum Gasteiger partial charge on any atom is -0.486 e. The molecule has 0 bridgehead atoms. The Morgan fingerprint density at radius 3 is 2.81 bits per heavy atom. The third-order valence-electron chi connectivity index (χ3n) is 5.30. The normalized spacial score (nSPS) is 21.1. The Bertz CT molecular complexity index is 855. The zero-order valence-corrected chi connectivity index (χ0v) is 15.4. The van der Waals surface area contributed by atoms with Crippen molar-refractivity contribution in [2.75, 3.05) is 31.6 Å². The molecule has 0 aliphatic carbocycles. The molecule has 1 unspecified atom stereocenters. The number of anilines is 1. The minimum atomic E-state index is -0.310. The van der Waals surface area contributed by atoms with E-state index in [2.05, 4.69) is 11.4 Å². The summed E-state index contributed by atoms with van der Waals surface area (Å²) in [6.45, 7) is 4.14. The molecule has 2 aliphatic rings. The van der Waals surface area contributed by atoms with E-state index in [1.54, 1.807) is 19.1 Å². The number of likely N-dealkylation sites (tertiary alicyclic amines) is 1. The average molecular weight is 371 g/mol. The molecule has 1 saturated heterocycles. The molecule has 0 saturated carbocycles. The first-order chi connectivity index (χ1) is 13.1. The number of nitrogens with one attached hydrogen (secondary N) is 2. The highest BCUT2D eigenvalue weighted by Gasteiger charge is 2.32. The quantitative estimate of drug-likeness (QED) is 0.867. The van der Waals surface area contributed by atoms with E-state index in [1.807, 2.05) is 12.1 Å². The summed E-state index contributed by atoms with van der Waals surface area (Å²) in [4.78, 5) is 13.7. The van der Waals surface area contributed by atoms with Crippen molar-refractivity contribution in [2.45, 2.75) is 25.8 Å². The molecule has 27 heavy (non-hydrogen) atoms. The fourth-order valence-corrected chi connectivity index (χ4v) is 3.88. The van der Waals surface area contributed by atoms with Gasteiger partial charge >= 0.3 is 0 Å². The van der Waals surface area contributed by atoms with Crippen LogP contribution in [0, 0.1) is 12.7 Å². The molecule has 4 rings (SSSR count). The number of rotatable bonds is 4. The Morgan fingerprint density at radius 2 is 2.00 bits per heavy atom. The fourth-order valence-electron chi connectivity index (χ4n) is 3.88. The van der Waals surface area contributed by atoms with Gasteiger partial charge in [-0.15, -0.1) is 0 Å². The molecule has 6 heteroatoms. The summed E-state index contributed by atoms with van der Waals surface area (Å²) in [6.07, 6.45) is 2.10. The lowest BCUT2D eigenvalue weighted by Crippen LogP contribution is -3.11. The van der Waals surface area contributed by atoms with E-state index in [-0.39, 0.29) is 17.8 Å². The molecule has 2 aliphatic heterocycles. The van der Waals surface area contributed by atoms with Crippen molar-refractivity contribution < 1.29 is 23.6 Å². The molecule has 1 fully saturated rings. The molecule has 1 amide bonds. The number of carbonyl (C=O) groups excluding carboxylic acids is 1. The van der Waals surface area contributed by atoms with Gasteiger partial charge in [-0.2, -0.15) is 0 Å². The highest BCUT2D eigenvalue weighted by Crippen LogP contribution is 2.33. The highest BCUT2D eigenvalue weighted by atomic mass is 19.1. The molecule has 2 aromatic carbocycles. The SMILES string of the molecule is Cc1ccc(NC(=O)C[NH+]2CCC[C@@H]2c2ccc3c(c2)OCCO3)cc1F. The van der Waals surface area contributed by atoms with Gasteiger partial charge in [-0.1, -0.05) is 6.07 Å². The Kier molecular flexibility index (Phi) is 4.99. The molecule has 0 radical (unpaired) electrons. The third-order valence-corrected chi connectivity index (χ3v) is 5.30. The van der Waals surface area contributed by atoms with Crippen LogP contribution in [0.25, 0.3) is 0 Å². The van der Waals surface area contributed by atoms with Gasteiger partial charge in [0.25, 0.3) is 5.91 Å². The van der Waals surface area contributed by atoms with Gasteiger partial charge in [-0.05, 0) is 42.8 Å². The van der Waals surface area contributed by atoms with E-state index < -0.39 is 0 Å². The number of aryl methyl sites for hydroxylation is 1. The number of fused-ring (bicyclic) bond motifs is 1. The maximum Gasteiger partial charge on any atom is 0.279 e. The third kappa shape index (κ3) is 3.90. The Morgan fingerprint density at radius 1 is 1.19 bits per heavy atom. The van der Waals surface area contributed by atoms with E-state index in [0.29, 0.717) is 31.0 Å². The van der Waals surface area contributed by atoms with Gasteiger partial charge < -0.3 is 19.7 Å². The van der Waals surface area contributed by atoms with E-state index in [9.17, 15) is 9.18 Å². The topological polar surface area (TPSA) is 52.0 Å². The number of hydrogen-bond donors (Lipinski definition) is 2. The number of hydrogen-bond acceptors (Lipinski definition) is 3. The van der Waals surface area contributed by atoms with Crippen molar-refractivity contribution in [3.8, 4) is 11.5 Å². The lowest BCUT2D eigenvalue weighted by molar-refractivity contribution is -0.910. The number of ether oxygens (including phenoxy) is 2. The van der Waals surface area contributed by atoms with Crippen molar-refractivity contribution in [3.63, 3.8) is 0 Å². The van der Waals surface area contributed by atoms with Crippen molar-refractivity contribution in [1.29, 1.82) is 0 Å². The van der Waals surface area contributed by atoms with Crippen LogP contribution in [-0.2, 0) is 4.79 Å². The summed E-state index contributed by atoms with van der Waals surface area (Å²) in [5, 5.41) is 2.81. The van der Waals surface area contributed by atoms with Gasteiger partial charge in [-0.25, -0.2) is 4.39 Å². The van der Waals surface area contributed by atoms with Crippen molar-refractivity contribution in [1.82, 2.24) is 0 Å². The zero-order valence-electron chi connectivity index (χ0n) is 15.4. The summed E-state index contributed by atoms with van der Waals surface area (Å²) in [7, 11) is 0. The van der Waals surface area contributed by atoms with Gasteiger partial charge in [0.1, 0.15) is 25.1 Å². The van der Waals surface area contributed by atoms with Crippen LogP contribution < -0.4 is 19.7 Å². The monoisotopic (exact) mass is 371 g/mol. The predicted molar refractivity (Wildman–Crippen MR) is 99.9 cm³/mol. The van der Waals surface area contributed by atoms with Crippen LogP contribution >= 0.6 is 0 Å². The first kappa shape index (κ1) is 17.8. The van der Waals surface area contributed by atoms with E-state index >= 15 is 0 Å². The van der Waals surface area contributed by atoms with Gasteiger partial charge in [-0.3, -0.25) is 4.79 Å². The fraction of sp³-hybridized carbons (Fsp3) is 0.381. The highest BCUT2D eigenvalue weighted by molar-refractivity contribution is 5.91. The average Bonchev–Trinajstić information content (AvgIpc) is 3.12. The van der Waals surface area contributed by atoms with Gasteiger partial charge in [0.2, 0.25) is 0 Å². The van der Waals surface area contributed by atoms with Gasteiger partial charge in [0.05, 0.1) is 6.54 Å². The van der Waals surface area contributed by atoms with Crippen molar-refractivity contribution in [2.24, 2.45) is 0 Å². The standard InChI is InChI=1S/C21H23FN2O3/c1-14-4-6-16(12-17(14)22)23-21(25)13-24-8-2-3-18(24)15-5-7-19-20(11-15)27-10-9-26-19/h4-7,11-12,18H,2-3,8-10,13H2,1H3,(H,23,25)/p+1/t18-/m1/s1. The first-order valence-electron chi connectivity index (χ1n) is 9.40. The lowest BCUT2D eigenvalue weighted by Gasteiger charge is -2.24. The number of halogens is 1. The Balaban J connectivity index is 1.43. The Labute approximate surface area is 158 Å². The van der Waals surface area contributed by atoms with E-state index in [0.717, 1.165) is 30.9 Å². The second-order valence-electron chi connectivity index (χ2n) is 7.20. The summed E-state index contributed by atoms with van der Waals surface area (Å²) in [6, 6.07) is 11.1. The van der Waals surface area contributed by atoms with Crippen LogP contribution in [0.3, 0.4) is 0 Å². The second kappa shape index (κ2) is 7.56. The van der Waals surface area contributed by atoms with Gasteiger partial charge in [0, 0.05) is 24.1 Å². The van der Waals surface area contributed by atoms with Crippen LogP contribution in [0.5, 0.6) is 11.5 Å². The van der Waals surface area contributed by atoms with Crippen LogP contribution in [0.15, 0.2) is 36.4 Å². The zero-order chi connectivity index (χ0) is 18.8. The van der Waals surface area contributed by atoms with Crippen LogP contribution in [0.1, 0.15) is 30.0 Å². The van der Waals surface area contributed by atoms with Crippen molar-refractivity contribution in [3.05, 3.63) is 53.3 Å².